The number of nitrogens with zero attached hydrogens (tertiary/aromatic N) is 3. The Kier molecular flexibility index (Phi) is 3.38. The molecule has 0 unspecified atom stereocenters. The van der Waals surface area contributed by atoms with Crippen molar-refractivity contribution in [3.8, 4) is 0 Å². The van der Waals surface area contributed by atoms with Gasteiger partial charge < -0.3 is 10.6 Å². The van der Waals surface area contributed by atoms with Gasteiger partial charge in [-0.1, -0.05) is 0 Å². The molecule has 2 N–H and O–H groups in total. The van der Waals surface area contributed by atoms with Crippen LogP contribution in [-0.4, -0.2) is 30.0 Å². The van der Waals surface area contributed by atoms with Gasteiger partial charge in [-0.05, 0) is 18.2 Å². The fourth-order valence-electron chi connectivity index (χ4n) is 1.74. The summed E-state index contributed by atoms with van der Waals surface area (Å²) >= 11 is 0. The van der Waals surface area contributed by atoms with E-state index in [0.29, 0.717) is 13.1 Å². The van der Waals surface area contributed by atoms with E-state index in [1.165, 1.54) is 12.1 Å². The van der Waals surface area contributed by atoms with Crippen LogP contribution in [0.25, 0.3) is 10.9 Å². The maximum absolute atomic E-state index is 10.7. The molecule has 1 aromatic heterocycles. The van der Waals surface area contributed by atoms with E-state index in [0.717, 1.165) is 16.7 Å². The minimum atomic E-state index is -0.409. The lowest BCUT2D eigenvalue weighted by Gasteiger charge is -2.17. The summed E-state index contributed by atoms with van der Waals surface area (Å²) in [6.07, 6.45) is 0. The Balaban J connectivity index is 2.41. The third kappa shape index (κ3) is 2.38. The molecule has 0 bridgehead atoms. The van der Waals surface area contributed by atoms with Crippen LogP contribution >= 0.6 is 0 Å². The van der Waals surface area contributed by atoms with Crippen LogP contribution in [0, 0.1) is 10.1 Å². The summed E-state index contributed by atoms with van der Waals surface area (Å²) in [6, 6.07) is 8.31. The topological polar surface area (TPSA) is 85.3 Å². The number of hydrogen-bond acceptors (Lipinski definition) is 5. The molecule has 0 amide bonds. The van der Waals surface area contributed by atoms with Crippen molar-refractivity contribution in [3.05, 3.63) is 40.4 Å². The second kappa shape index (κ2) is 4.97. The molecule has 0 atom stereocenters. The van der Waals surface area contributed by atoms with Crippen molar-refractivity contribution in [3.63, 3.8) is 0 Å². The summed E-state index contributed by atoms with van der Waals surface area (Å²) in [5, 5.41) is 11.4. The van der Waals surface area contributed by atoms with E-state index in [2.05, 4.69) is 4.98 Å². The van der Waals surface area contributed by atoms with E-state index in [1.54, 1.807) is 6.07 Å². The van der Waals surface area contributed by atoms with Crippen LogP contribution in [0.15, 0.2) is 30.3 Å². The molecular weight excluding hydrogens is 232 g/mol. The molecule has 2 rings (SSSR count). The van der Waals surface area contributed by atoms with Crippen molar-refractivity contribution >= 4 is 22.4 Å². The first-order valence-corrected chi connectivity index (χ1v) is 5.58. The van der Waals surface area contributed by atoms with Crippen molar-refractivity contribution in [2.75, 3.05) is 25.0 Å². The number of benzene rings is 1. The van der Waals surface area contributed by atoms with E-state index in [9.17, 15) is 10.1 Å². The zero-order chi connectivity index (χ0) is 13.1. The lowest BCUT2D eigenvalue weighted by Crippen LogP contribution is -2.25. The summed E-state index contributed by atoms with van der Waals surface area (Å²) < 4.78 is 0. The number of rotatable bonds is 4. The molecule has 18 heavy (non-hydrogen) atoms. The Morgan fingerprint density at radius 1 is 1.39 bits per heavy atom. The number of nitro benzene ring substituents is 1. The van der Waals surface area contributed by atoms with Gasteiger partial charge in [-0.15, -0.1) is 0 Å². The number of hydrogen-bond donors (Lipinski definition) is 1. The maximum atomic E-state index is 10.7. The molecule has 6 nitrogen and oxygen atoms in total. The summed E-state index contributed by atoms with van der Waals surface area (Å²) in [5.74, 6) is 0.807. The summed E-state index contributed by atoms with van der Waals surface area (Å²) in [4.78, 5) is 16.6. The number of non-ortho nitro benzene ring substituents is 1. The van der Waals surface area contributed by atoms with E-state index in [-0.39, 0.29) is 5.69 Å². The highest BCUT2D eigenvalue weighted by Crippen LogP contribution is 2.21. The van der Waals surface area contributed by atoms with Gasteiger partial charge >= 0.3 is 0 Å². The third-order valence-electron chi connectivity index (χ3n) is 2.72. The monoisotopic (exact) mass is 246 g/mol. The van der Waals surface area contributed by atoms with E-state index in [1.807, 2.05) is 24.1 Å². The SMILES string of the molecule is CN(CCN)c1ccc2cc([N+](=O)[O-])ccc2n1. The van der Waals surface area contributed by atoms with Crippen LogP contribution in [0.3, 0.4) is 0 Å². The number of nitro groups is 1. The zero-order valence-electron chi connectivity index (χ0n) is 10.0. The molecule has 0 radical (unpaired) electrons. The average molecular weight is 246 g/mol. The molecule has 1 aromatic carbocycles. The smallest absolute Gasteiger partial charge is 0.270 e. The molecule has 0 fully saturated rings. The van der Waals surface area contributed by atoms with Crippen molar-refractivity contribution in [1.29, 1.82) is 0 Å². The van der Waals surface area contributed by atoms with Gasteiger partial charge in [0.15, 0.2) is 0 Å². The van der Waals surface area contributed by atoms with Gasteiger partial charge in [0.05, 0.1) is 10.4 Å². The molecule has 0 saturated heterocycles. The van der Waals surface area contributed by atoms with Crippen LogP contribution in [-0.2, 0) is 0 Å². The number of anilines is 1. The zero-order valence-corrected chi connectivity index (χ0v) is 10.0. The predicted octanol–water partition coefficient (Wildman–Crippen LogP) is 1.54. The van der Waals surface area contributed by atoms with Crippen LogP contribution in [0.5, 0.6) is 0 Å². The van der Waals surface area contributed by atoms with Crippen molar-refractivity contribution in [2.24, 2.45) is 5.73 Å². The summed E-state index contributed by atoms with van der Waals surface area (Å²) in [7, 11) is 1.91. The van der Waals surface area contributed by atoms with Gasteiger partial charge in [0.1, 0.15) is 5.82 Å². The maximum Gasteiger partial charge on any atom is 0.270 e. The van der Waals surface area contributed by atoms with Gasteiger partial charge in [-0.3, -0.25) is 10.1 Å². The standard InChI is InChI=1S/C12H14N4O2/c1-15(7-6-13)12-5-2-9-8-10(16(17)18)3-4-11(9)14-12/h2-5,8H,6-7,13H2,1H3. The molecule has 0 spiro atoms. The van der Waals surface area contributed by atoms with Crippen LogP contribution < -0.4 is 10.6 Å². The lowest BCUT2D eigenvalue weighted by molar-refractivity contribution is -0.384. The molecule has 1 heterocycles. The van der Waals surface area contributed by atoms with E-state index >= 15 is 0 Å². The van der Waals surface area contributed by atoms with E-state index in [4.69, 9.17) is 5.73 Å². The first kappa shape index (κ1) is 12.3. The van der Waals surface area contributed by atoms with Gasteiger partial charge in [0.25, 0.3) is 5.69 Å². The van der Waals surface area contributed by atoms with Gasteiger partial charge in [0, 0.05) is 37.7 Å². The second-order valence-corrected chi connectivity index (χ2v) is 4.01. The number of nitrogens with two attached hydrogens (primary N) is 1. The summed E-state index contributed by atoms with van der Waals surface area (Å²) in [5.41, 5.74) is 6.30. The Morgan fingerprint density at radius 3 is 2.83 bits per heavy atom. The molecule has 94 valence electrons. The second-order valence-electron chi connectivity index (χ2n) is 4.01. The van der Waals surface area contributed by atoms with Gasteiger partial charge in [0.2, 0.25) is 0 Å². The number of fused-ring (bicyclic) bond motifs is 1. The predicted molar refractivity (Wildman–Crippen MR) is 70.7 cm³/mol. The minimum Gasteiger partial charge on any atom is -0.358 e. The fourth-order valence-corrected chi connectivity index (χ4v) is 1.74. The molecule has 0 aliphatic heterocycles. The number of aromatic nitrogens is 1. The summed E-state index contributed by atoms with van der Waals surface area (Å²) in [6.45, 7) is 1.27. The van der Waals surface area contributed by atoms with Crippen LogP contribution in [0.2, 0.25) is 0 Å². The van der Waals surface area contributed by atoms with E-state index < -0.39 is 4.92 Å². The van der Waals surface area contributed by atoms with Crippen LogP contribution in [0.4, 0.5) is 11.5 Å². The third-order valence-corrected chi connectivity index (χ3v) is 2.72. The number of likely N-dealkylation sites (N-methyl/N-ethyl adjacent to an activating group) is 1. The van der Waals surface area contributed by atoms with Gasteiger partial charge in [-0.2, -0.15) is 0 Å². The first-order chi connectivity index (χ1) is 8.61. The molecule has 6 heteroatoms. The normalized spacial score (nSPS) is 10.6. The van der Waals surface area contributed by atoms with Crippen molar-refractivity contribution in [1.82, 2.24) is 4.98 Å². The van der Waals surface area contributed by atoms with Crippen molar-refractivity contribution in [2.45, 2.75) is 0 Å². The highest BCUT2D eigenvalue weighted by molar-refractivity contribution is 5.82. The Morgan fingerprint density at radius 2 is 2.17 bits per heavy atom. The largest absolute Gasteiger partial charge is 0.358 e. The Labute approximate surface area is 104 Å². The minimum absolute atomic E-state index is 0.0763. The Hall–Kier alpha value is -2.21. The average Bonchev–Trinajstić information content (AvgIpc) is 2.37. The van der Waals surface area contributed by atoms with Gasteiger partial charge in [-0.25, -0.2) is 4.98 Å². The molecular formula is C12H14N4O2. The molecule has 2 aromatic rings. The lowest BCUT2D eigenvalue weighted by atomic mass is 10.2. The van der Waals surface area contributed by atoms with Crippen molar-refractivity contribution < 1.29 is 4.92 Å². The quantitative estimate of drug-likeness (QED) is 0.653. The molecule has 0 aliphatic rings. The fraction of sp³-hybridized carbons (Fsp3) is 0.250. The number of pyridine rings is 1. The first-order valence-electron chi connectivity index (χ1n) is 5.58. The van der Waals surface area contributed by atoms with Crippen LogP contribution in [0.1, 0.15) is 0 Å². The molecule has 0 aliphatic carbocycles. The highest BCUT2D eigenvalue weighted by Gasteiger charge is 2.08. The molecule has 0 saturated carbocycles. The Bertz CT molecular complexity index is 585. The highest BCUT2D eigenvalue weighted by atomic mass is 16.6.